The fraction of sp³-hybridized carbons (Fsp3) is 0.0417. The standard InChI is InChI=1S/C48H38N2/c1-5-17-39(18-6-1)45-25-13-15-27-47(45)49(41-21-9-3-10-22-41)43-33-29-37(30-34-43)38-31-35-44(36-32-38)50(42-23-11-4-12-24-42)48-28-16-14-26-46(48)40-19-7-2-8-20-40/h1-19,21-36,40H,20H2. The first-order valence-electron chi connectivity index (χ1n) is 17.3. The van der Waals surface area contributed by atoms with Gasteiger partial charge in [0.25, 0.3) is 0 Å². The smallest absolute Gasteiger partial charge is 0.0540 e. The van der Waals surface area contributed by atoms with Gasteiger partial charge in [0.05, 0.1) is 5.69 Å². The van der Waals surface area contributed by atoms with Crippen LogP contribution in [0.15, 0.2) is 212 Å². The third-order valence-corrected chi connectivity index (χ3v) is 9.40. The van der Waals surface area contributed by atoms with Gasteiger partial charge < -0.3 is 9.80 Å². The van der Waals surface area contributed by atoms with Crippen LogP contribution in [0.1, 0.15) is 17.9 Å². The molecule has 8 rings (SSSR count). The van der Waals surface area contributed by atoms with Crippen molar-refractivity contribution in [2.45, 2.75) is 12.3 Å². The van der Waals surface area contributed by atoms with E-state index in [0.29, 0.717) is 5.92 Å². The summed E-state index contributed by atoms with van der Waals surface area (Å²) in [7, 11) is 0. The Balaban J connectivity index is 1.14. The lowest BCUT2D eigenvalue weighted by Gasteiger charge is -2.30. The van der Waals surface area contributed by atoms with Crippen LogP contribution in [0.5, 0.6) is 0 Å². The third kappa shape index (κ3) is 6.40. The molecule has 0 heterocycles. The van der Waals surface area contributed by atoms with E-state index >= 15 is 0 Å². The summed E-state index contributed by atoms with van der Waals surface area (Å²) in [5.74, 6) is 0.343. The van der Waals surface area contributed by atoms with Crippen molar-refractivity contribution in [1.29, 1.82) is 0 Å². The molecule has 7 aromatic carbocycles. The quantitative estimate of drug-likeness (QED) is 0.155. The number of para-hydroxylation sites is 4. The first kappa shape index (κ1) is 30.9. The van der Waals surface area contributed by atoms with E-state index in [1.54, 1.807) is 0 Å². The van der Waals surface area contributed by atoms with Crippen molar-refractivity contribution < 1.29 is 0 Å². The maximum Gasteiger partial charge on any atom is 0.0540 e. The number of anilines is 6. The summed E-state index contributed by atoms with van der Waals surface area (Å²) in [6.07, 6.45) is 9.88. The summed E-state index contributed by atoms with van der Waals surface area (Å²) in [5.41, 5.74) is 12.9. The van der Waals surface area contributed by atoms with Crippen molar-refractivity contribution in [1.82, 2.24) is 0 Å². The summed E-state index contributed by atoms with van der Waals surface area (Å²) in [6, 6.07) is 67.3. The molecule has 2 nitrogen and oxygen atoms in total. The molecule has 0 saturated heterocycles. The Hall–Kier alpha value is -6.38. The Kier molecular flexibility index (Phi) is 8.90. The number of hydrogen-bond donors (Lipinski definition) is 0. The van der Waals surface area contributed by atoms with Crippen LogP contribution < -0.4 is 9.80 Å². The highest BCUT2D eigenvalue weighted by atomic mass is 15.1. The zero-order valence-electron chi connectivity index (χ0n) is 27.9. The molecule has 1 atom stereocenters. The van der Waals surface area contributed by atoms with Crippen molar-refractivity contribution in [3.8, 4) is 22.3 Å². The molecule has 0 aromatic heterocycles. The number of rotatable bonds is 9. The number of allylic oxidation sites excluding steroid dienone is 4. The van der Waals surface area contributed by atoms with Crippen molar-refractivity contribution in [2.75, 3.05) is 9.80 Å². The fourth-order valence-corrected chi connectivity index (χ4v) is 6.96. The topological polar surface area (TPSA) is 6.48 Å². The highest BCUT2D eigenvalue weighted by molar-refractivity contribution is 5.88. The number of benzene rings is 7. The van der Waals surface area contributed by atoms with E-state index in [1.807, 2.05) is 0 Å². The van der Waals surface area contributed by atoms with Gasteiger partial charge >= 0.3 is 0 Å². The molecule has 0 spiro atoms. The molecule has 0 N–H and O–H groups in total. The molecule has 0 bridgehead atoms. The minimum absolute atomic E-state index is 0.343. The summed E-state index contributed by atoms with van der Waals surface area (Å²) in [6.45, 7) is 0. The molecule has 0 amide bonds. The first-order valence-corrected chi connectivity index (χ1v) is 17.3. The van der Waals surface area contributed by atoms with Gasteiger partial charge in [-0.15, -0.1) is 0 Å². The molecule has 0 aliphatic heterocycles. The molecular weight excluding hydrogens is 605 g/mol. The average Bonchev–Trinajstić information content (AvgIpc) is 3.21. The number of hydrogen-bond acceptors (Lipinski definition) is 2. The molecule has 0 saturated carbocycles. The lowest BCUT2D eigenvalue weighted by atomic mass is 9.90. The molecule has 50 heavy (non-hydrogen) atoms. The van der Waals surface area contributed by atoms with E-state index in [0.717, 1.165) is 34.9 Å². The molecule has 7 aromatic rings. The van der Waals surface area contributed by atoms with Crippen molar-refractivity contribution in [3.63, 3.8) is 0 Å². The Bertz CT molecular complexity index is 2220. The zero-order valence-corrected chi connectivity index (χ0v) is 27.9. The third-order valence-electron chi connectivity index (χ3n) is 9.40. The van der Waals surface area contributed by atoms with Gasteiger partial charge in [0, 0.05) is 39.9 Å². The Labute approximate surface area is 295 Å². The van der Waals surface area contributed by atoms with Crippen molar-refractivity contribution in [3.05, 3.63) is 218 Å². The van der Waals surface area contributed by atoms with Crippen molar-refractivity contribution in [2.24, 2.45) is 0 Å². The van der Waals surface area contributed by atoms with Gasteiger partial charge in [-0.1, -0.05) is 152 Å². The molecule has 1 unspecified atom stereocenters. The fourth-order valence-electron chi connectivity index (χ4n) is 6.96. The van der Waals surface area contributed by atoms with E-state index in [9.17, 15) is 0 Å². The summed E-state index contributed by atoms with van der Waals surface area (Å²) in [4.78, 5) is 4.73. The maximum atomic E-state index is 2.39. The molecule has 1 aliphatic rings. The summed E-state index contributed by atoms with van der Waals surface area (Å²) < 4.78 is 0. The van der Waals surface area contributed by atoms with Gasteiger partial charge in [-0.2, -0.15) is 0 Å². The molecular formula is C48H38N2. The molecule has 0 radical (unpaired) electrons. The van der Waals surface area contributed by atoms with E-state index in [4.69, 9.17) is 0 Å². The van der Waals surface area contributed by atoms with Gasteiger partial charge in [0.2, 0.25) is 0 Å². The monoisotopic (exact) mass is 642 g/mol. The van der Waals surface area contributed by atoms with Crippen LogP contribution in [0, 0.1) is 0 Å². The van der Waals surface area contributed by atoms with Crippen LogP contribution in [-0.4, -0.2) is 0 Å². The normalized spacial score (nSPS) is 13.6. The molecule has 240 valence electrons. The minimum Gasteiger partial charge on any atom is -0.310 e. The minimum atomic E-state index is 0.343. The van der Waals surface area contributed by atoms with Gasteiger partial charge in [-0.3, -0.25) is 0 Å². The second kappa shape index (κ2) is 14.4. The molecule has 2 heteroatoms. The first-order chi connectivity index (χ1) is 24.8. The van der Waals surface area contributed by atoms with Crippen LogP contribution in [0.2, 0.25) is 0 Å². The maximum absolute atomic E-state index is 2.39. The summed E-state index contributed by atoms with van der Waals surface area (Å²) >= 11 is 0. The highest BCUT2D eigenvalue weighted by Crippen LogP contribution is 2.43. The van der Waals surface area contributed by atoms with Crippen LogP contribution in [0.3, 0.4) is 0 Å². The van der Waals surface area contributed by atoms with Gasteiger partial charge in [0.1, 0.15) is 0 Å². The van der Waals surface area contributed by atoms with Crippen LogP contribution >= 0.6 is 0 Å². The molecule has 1 aliphatic carbocycles. The summed E-state index contributed by atoms with van der Waals surface area (Å²) in [5, 5.41) is 0. The van der Waals surface area contributed by atoms with Crippen LogP contribution in [0.25, 0.3) is 22.3 Å². The lowest BCUT2D eigenvalue weighted by molar-refractivity contribution is 0.852. The van der Waals surface area contributed by atoms with E-state index in [-0.39, 0.29) is 0 Å². The lowest BCUT2D eigenvalue weighted by Crippen LogP contribution is -2.13. The van der Waals surface area contributed by atoms with Crippen LogP contribution in [0.4, 0.5) is 34.1 Å². The molecule has 0 fully saturated rings. The predicted molar refractivity (Wildman–Crippen MR) is 212 cm³/mol. The van der Waals surface area contributed by atoms with Gasteiger partial charge in [0.15, 0.2) is 0 Å². The Morgan fingerprint density at radius 2 is 0.820 bits per heavy atom. The Morgan fingerprint density at radius 1 is 0.360 bits per heavy atom. The van der Waals surface area contributed by atoms with Crippen LogP contribution in [-0.2, 0) is 0 Å². The highest BCUT2D eigenvalue weighted by Gasteiger charge is 2.21. The Morgan fingerprint density at radius 3 is 1.38 bits per heavy atom. The van der Waals surface area contributed by atoms with Gasteiger partial charge in [-0.25, -0.2) is 0 Å². The van der Waals surface area contributed by atoms with Gasteiger partial charge in [-0.05, 0) is 89.3 Å². The van der Waals surface area contributed by atoms with E-state index < -0.39 is 0 Å². The SMILES string of the molecule is C1=CCC(c2ccccc2N(c2ccccc2)c2ccc(-c3ccc(N(c4ccccc4)c4ccccc4-c4ccccc4)cc3)cc2)C=C1. The zero-order chi connectivity index (χ0) is 33.5. The van der Waals surface area contributed by atoms with E-state index in [2.05, 4.69) is 222 Å². The van der Waals surface area contributed by atoms with Crippen molar-refractivity contribution >= 4 is 34.1 Å². The second-order valence-corrected chi connectivity index (χ2v) is 12.5. The predicted octanol–water partition coefficient (Wildman–Crippen LogP) is 13.6. The van der Waals surface area contributed by atoms with E-state index in [1.165, 1.54) is 33.5 Å². The largest absolute Gasteiger partial charge is 0.310 e. The second-order valence-electron chi connectivity index (χ2n) is 12.5. The average molecular weight is 643 g/mol. The number of nitrogens with zero attached hydrogens (tertiary/aromatic N) is 2.